The smallest absolute Gasteiger partial charge is 0.246 e. The maximum absolute atomic E-state index is 12.4. The number of carbonyl (C=O) groups excluding carboxylic acids is 2. The number of amides is 2. The van der Waals surface area contributed by atoms with Gasteiger partial charge in [-0.2, -0.15) is 0 Å². The standard InChI is InChI=1S/C11H19FN2O2/c1-4-8-10(15)13-9(7(2)3)11(16)14(8)6-5-12/h7-9H,4-6H2,1-3H3,(H,13,15). The van der Waals surface area contributed by atoms with Gasteiger partial charge in [-0.3, -0.25) is 9.59 Å². The fourth-order valence-corrected chi connectivity index (χ4v) is 2.00. The molecule has 1 rings (SSSR count). The summed E-state index contributed by atoms with van der Waals surface area (Å²) in [6.45, 7) is 4.94. The molecule has 1 aliphatic heterocycles. The zero-order valence-corrected chi connectivity index (χ0v) is 10.00. The number of rotatable bonds is 4. The van der Waals surface area contributed by atoms with Crippen LogP contribution in [0.3, 0.4) is 0 Å². The lowest BCUT2D eigenvalue weighted by atomic mass is 9.97. The Kier molecular flexibility index (Phi) is 4.26. The van der Waals surface area contributed by atoms with Gasteiger partial charge in [0.25, 0.3) is 0 Å². The second kappa shape index (κ2) is 5.27. The highest BCUT2D eigenvalue weighted by Crippen LogP contribution is 2.17. The van der Waals surface area contributed by atoms with Gasteiger partial charge in [0.05, 0.1) is 0 Å². The molecule has 1 saturated heterocycles. The first-order chi connectivity index (χ1) is 7.52. The molecule has 0 aromatic heterocycles. The van der Waals surface area contributed by atoms with Crippen LogP contribution in [0, 0.1) is 5.92 Å². The van der Waals surface area contributed by atoms with Crippen molar-refractivity contribution in [2.24, 2.45) is 5.92 Å². The third kappa shape index (κ3) is 2.33. The fourth-order valence-electron chi connectivity index (χ4n) is 2.00. The van der Waals surface area contributed by atoms with Gasteiger partial charge in [-0.05, 0) is 12.3 Å². The number of hydrogen-bond acceptors (Lipinski definition) is 2. The largest absolute Gasteiger partial charge is 0.342 e. The first kappa shape index (κ1) is 12.9. The molecule has 92 valence electrons. The molecule has 2 unspecified atom stereocenters. The molecule has 0 aliphatic carbocycles. The summed E-state index contributed by atoms with van der Waals surface area (Å²) in [7, 11) is 0. The number of halogens is 1. The van der Waals surface area contributed by atoms with E-state index in [9.17, 15) is 14.0 Å². The van der Waals surface area contributed by atoms with Gasteiger partial charge in [0.1, 0.15) is 18.8 Å². The lowest BCUT2D eigenvalue weighted by Gasteiger charge is -2.39. The third-order valence-corrected chi connectivity index (χ3v) is 2.90. The Morgan fingerprint density at radius 3 is 2.50 bits per heavy atom. The number of nitrogens with zero attached hydrogens (tertiary/aromatic N) is 1. The summed E-state index contributed by atoms with van der Waals surface area (Å²) < 4.78 is 12.4. The van der Waals surface area contributed by atoms with Crippen LogP contribution in [0.1, 0.15) is 27.2 Å². The number of alkyl halides is 1. The van der Waals surface area contributed by atoms with Crippen LogP contribution in [0.15, 0.2) is 0 Å². The highest BCUT2D eigenvalue weighted by molar-refractivity contribution is 5.97. The number of nitrogens with one attached hydrogen (secondary N) is 1. The summed E-state index contributed by atoms with van der Waals surface area (Å²) >= 11 is 0. The van der Waals surface area contributed by atoms with Crippen molar-refractivity contribution in [2.75, 3.05) is 13.2 Å². The van der Waals surface area contributed by atoms with Gasteiger partial charge in [0.2, 0.25) is 11.8 Å². The van der Waals surface area contributed by atoms with E-state index in [2.05, 4.69) is 5.32 Å². The average Bonchev–Trinajstić information content (AvgIpc) is 2.23. The van der Waals surface area contributed by atoms with Gasteiger partial charge < -0.3 is 10.2 Å². The SMILES string of the molecule is CCC1C(=O)NC(C(C)C)C(=O)N1CCF. The molecule has 0 saturated carbocycles. The first-order valence-electron chi connectivity index (χ1n) is 5.69. The summed E-state index contributed by atoms with van der Waals surface area (Å²) in [6.07, 6.45) is 0.516. The van der Waals surface area contributed by atoms with Crippen molar-refractivity contribution in [2.45, 2.75) is 39.3 Å². The highest BCUT2D eigenvalue weighted by Gasteiger charge is 2.40. The molecular weight excluding hydrogens is 211 g/mol. The molecule has 1 fully saturated rings. The van der Waals surface area contributed by atoms with Crippen LogP contribution in [0.4, 0.5) is 4.39 Å². The summed E-state index contributed by atoms with van der Waals surface area (Å²) in [5, 5.41) is 2.70. The minimum atomic E-state index is -0.611. The Balaban J connectivity index is 2.89. The van der Waals surface area contributed by atoms with Crippen molar-refractivity contribution in [3.05, 3.63) is 0 Å². The van der Waals surface area contributed by atoms with E-state index in [4.69, 9.17) is 0 Å². The number of hydrogen-bond donors (Lipinski definition) is 1. The first-order valence-corrected chi connectivity index (χ1v) is 5.69. The second-order valence-electron chi connectivity index (χ2n) is 4.37. The quantitative estimate of drug-likeness (QED) is 0.773. The van der Waals surface area contributed by atoms with Crippen LogP contribution in [-0.4, -0.2) is 42.0 Å². The van der Waals surface area contributed by atoms with Crippen molar-refractivity contribution < 1.29 is 14.0 Å². The molecule has 0 aromatic carbocycles. The molecule has 5 heteroatoms. The van der Waals surface area contributed by atoms with Gasteiger partial charge >= 0.3 is 0 Å². The van der Waals surface area contributed by atoms with Gasteiger partial charge in [0, 0.05) is 6.54 Å². The van der Waals surface area contributed by atoms with Crippen molar-refractivity contribution in [1.82, 2.24) is 10.2 Å². The average molecular weight is 230 g/mol. The summed E-state index contributed by atoms with van der Waals surface area (Å²) in [4.78, 5) is 25.1. The topological polar surface area (TPSA) is 49.4 Å². The summed E-state index contributed by atoms with van der Waals surface area (Å²) in [5.41, 5.74) is 0. The molecule has 2 amide bonds. The molecule has 0 radical (unpaired) electrons. The zero-order chi connectivity index (χ0) is 12.3. The van der Waals surface area contributed by atoms with Crippen LogP contribution in [-0.2, 0) is 9.59 Å². The van der Waals surface area contributed by atoms with Gasteiger partial charge in [-0.25, -0.2) is 4.39 Å². The monoisotopic (exact) mass is 230 g/mol. The molecule has 16 heavy (non-hydrogen) atoms. The minimum absolute atomic E-state index is 0.00792. The van der Waals surface area contributed by atoms with Crippen molar-refractivity contribution in [3.8, 4) is 0 Å². The van der Waals surface area contributed by atoms with Crippen LogP contribution in [0.25, 0.3) is 0 Å². The van der Waals surface area contributed by atoms with Crippen molar-refractivity contribution in [1.29, 1.82) is 0 Å². The predicted molar refractivity (Wildman–Crippen MR) is 58.5 cm³/mol. The van der Waals surface area contributed by atoms with E-state index in [1.54, 1.807) is 0 Å². The Bertz CT molecular complexity index is 281. The molecule has 2 atom stereocenters. The minimum Gasteiger partial charge on any atom is -0.342 e. The fraction of sp³-hybridized carbons (Fsp3) is 0.818. The Morgan fingerprint density at radius 1 is 1.44 bits per heavy atom. The molecule has 1 heterocycles. The van der Waals surface area contributed by atoms with Gasteiger partial charge in [0.15, 0.2) is 0 Å². The van der Waals surface area contributed by atoms with E-state index in [1.165, 1.54) is 4.90 Å². The van der Waals surface area contributed by atoms with Crippen LogP contribution < -0.4 is 5.32 Å². The number of carbonyl (C=O) groups is 2. The molecule has 1 N–H and O–H groups in total. The van der Waals surface area contributed by atoms with E-state index in [0.29, 0.717) is 6.42 Å². The van der Waals surface area contributed by atoms with Gasteiger partial charge in [-0.15, -0.1) is 0 Å². The highest BCUT2D eigenvalue weighted by atomic mass is 19.1. The normalized spacial score (nSPS) is 26.2. The maximum Gasteiger partial charge on any atom is 0.246 e. The molecular formula is C11H19FN2O2. The van der Waals surface area contributed by atoms with E-state index >= 15 is 0 Å². The van der Waals surface area contributed by atoms with E-state index < -0.39 is 18.8 Å². The molecule has 1 aliphatic rings. The zero-order valence-electron chi connectivity index (χ0n) is 10.00. The van der Waals surface area contributed by atoms with Crippen molar-refractivity contribution in [3.63, 3.8) is 0 Å². The van der Waals surface area contributed by atoms with Crippen LogP contribution >= 0.6 is 0 Å². The molecule has 0 aromatic rings. The second-order valence-corrected chi connectivity index (χ2v) is 4.37. The number of piperazine rings is 1. The van der Waals surface area contributed by atoms with E-state index in [-0.39, 0.29) is 24.3 Å². The summed E-state index contributed by atoms with van der Waals surface area (Å²) in [6, 6.07) is -1.03. The summed E-state index contributed by atoms with van der Waals surface area (Å²) in [5.74, 6) is -0.315. The van der Waals surface area contributed by atoms with Gasteiger partial charge in [-0.1, -0.05) is 20.8 Å². The van der Waals surface area contributed by atoms with Crippen molar-refractivity contribution >= 4 is 11.8 Å². The van der Waals surface area contributed by atoms with Crippen LogP contribution in [0.5, 0.6) is 0 Å². The Morgan fingerprint density at radius 2 is 2.06 bits per heavy atom. The van der Waals surface area contributed by atoms with Crippen LogP contribution in [0.2, 0.25) is 0 Å². The lowest BCUT2D eigenvalue weighted by molar-refractivity contribution is -0.150. The Labute approximate surface area is 95.2 Å². The predicted octanol–water partition coefficient (Wildman–Crippen LogP) is 0.718. The molecule has 0 spiro atoms. The molecule has 4 nitrogen and oxygen atoms in total. The lowest BCUT2D eigenvalue weighted by Crippen LogP contribution is -2.64. The maximum atomic E-state index is 12.4. The van der Waals surface area contributed by atoms with E-state index in [1.807, 2.05) is 20.8 Å². The van der Waals surface area contributed by atoms with E-state index in [0.717, 1.165) is 0 Å². The third-order valence-electron chi connectivity index (χ3n) is 2.90. The molecule has 0 bridgehead atoms. The Hall–Kier alpha value is -1.13.